The second-order valence-electron chi connectivity index (χ2n) is 7.99. The molecule has 30 heavy (non-hydrogen) atoms. The van der Waals surface area contributed by atoms with Crippen LogP contribution in [0.15, 0.2) is 48.5 Å². The van der Waals surface area contributed by atoms with Gasteiger partial charge in [-0.05, 0) is 49.1 Å². The second kappa shape index (κ2) is 9.36. The van der Waals surface area contributed by atoms with Gasteiger partial charge in [0.2, 0.25) is 5.91 Å². The first-order chi connectivity index (χ1) is 14.6. The molecular weight excluding hydrogens is 381 g/mol. The van der Waals surface area contributed by atoms with Gasteiger partial charge in [0, 0.05) is 38.5 Å². The molecule has 0 saturated carbocycles. The number of carbonyl (C=O) groups excluding carboxylic acids is 1. The van der Waals surface area contributed by atoms with Crippen molar-refractivity contribution in [1.29, 1.82) is 0 Å². The number of nitrogens with one attached hydrogen (secondary N) is 3. The lowest BCUT2D eigenvalue weighted by Crippen LogP contribution is -2.32. The Balaban J connectivity index is 1.17. The monoisotopic (exact) mass is 409 g/mol. The van der Waals surface area contributed by atoms with E-state index in [1.807, 2.05) is 37.4 Å². The van der Waals surface area contributed by atoms with Crippen LogP contribution in [-0.4, -0.2) is 40.4 Å². The molecule has 3 N–H and O–H groups in total. The van der Waals surface area contributed by atoms with Gasteiger partial charge in [0.25, 0.3) is 0 Å². The zero-order chi connectivity index (χ0) is 20.9. The molecule has 1 saturated heterocycles. The van der Waals surface area contributed by atoms with E-state index in [1.165, 1.54) is 6.07 Å². The molecule has 1 aromatic heterocycles. The van der Waals surface area contributed by atoms with Gasteiger partial charge in [-0.1, -0.05) is 24.3 Å². The molecule has 2 atom stereocenters. The fourth-order valence-electron chi connectivity index (χ4n) is 3.99. The summed E-state index contributed by atoms with van der Waals surface area (Å²) >= 11 is 0. The van der Waals surface area contributed by atoms with Crippen LogP contribution in [0, 0.1) is 5.82 Å². The van der Waals surface area contributed by atoms with Crippen molar-refractivity contribution in [3.05, 3.63) is 65.7 Å². The number of halogens is 1. The maximum atomic E-state index is 13.4. The fourth-order valence-corrected chi connectivity index (χ4v) is 3.99. The van der Waals surface area contributed by atoms with Crippen molar-refractivity contribution in [2.45, 2.75) is 44.2 Å². The number of fused-ring (bicyclic) bond motifs is 1. The Morgan fingerprint density at radius 1 is 1.20 bits per heavy atom. The zero-order valence-electron chi connectivity index (χ0n) is 17.2. The van der Waals surface area contributed by atoms with Crippen LogP contribution < -0.4 is 10.9 Å². The Kier molecular flexibility index (Phi) is 6.40. The first-order valence-electron chi connectivity index (χ1n) is 10.5. The number of carbonyl (C=O) groups is 1. The SMILES string of the molecule is CN(CCCC1CC(c2cccc(F)c2)NN1)C(=O)CCc1nc2ccccc2[nH]1. The van der Waals surface area contributed by atoms with Crippen LogP contribution in [0.25, 0.3) is 11.0 Å². The minimum atomic E-state index is -0.208. The molecule has 158 valence electrons. The van der Waals surface area contributed by atoms with E-state index in [0.29, 0.717) is 18.9 Å². The van der Waals surface area contributed by atoms with E-state index in [4.69, 9.17) is 0 Å². The third-order valence-corrected chi connectivity index (χ3v) is 5.72. The molecule has 2 aromatic carbocycles. The van der Waals surface area contributed by atoms with Crippen LogP contribution in [0.1, 0.15) is 43.1 Å². The van der Waals surface area contributed by atoms with Crippen molar-refractivity contribution < 1.29 is 9.18 Å². The Hall–Kier alpha value is -2.77. The number of imidazole rings is 1. The van der Waals surface area contributed by atoms with Gasteiger partial charge in [-0.25, -0.2) is 9.37 Å². The van der Waals surface area contributed by atoms with E-state index in [9.17, 15) is 9.18 Å². The first-order valence-corrected chi connectivity index (χ1v) is 10.5. The molecule has 1 aliphatic rings. The Labute approximate surface area is 175 Å². The van der Waals surface area contributed by atoms with Crippen LogP contribution in [0.4, 0.5) is 4.39 Å². The molecule has 4 rings (SSSR count). The fraction of sp³-hybridized carbons (Fsp3) is 0.391. The lowest BCUT2D eigenvalue weighted by atomic mass is 9.99. The number of aromatic nitrogens is 2. The molecule has 7 heteroatoms. The predicted octanol–water partition coefficient (Wildman–Crippen LogP) is 3.48. The summed E-state index contributed by atoms with van der Waals surface area (Å²) in [5.74, 6) is 0.772. The Morgan fingerprint density at radius 3 is 2.90 bits per heavy atom. The topological polar surface area (TPSA) is 73.0 Å². The maximum absolute atomic E-state index is 13.4. The number of H-pyrrole nitrogens is 1. The van der Waals surface area contributed by atoms with Crippen molar-refractivity contribution in [2.75, 3.05) is 13.6 Å². The average Bonchev–Trinajstić information content (AvgIpc) is 3.38. The number of aryl methyl sites for hydroxylation is 1. The summed E-state index contributed by atoms with van der Waals surface area (Å²) in [5.41, 5.74) is 9.45. The highest BCUT2D eigenvalue weighted by molar-refractivity contribution is 5.77. The van der Waals surface area contributed by atoms with E-state index >= 15 is 0 Å². The average molecular weight is 410 g/mol. The van der Waals surface area contributed by atoms with Crippen molar-refractivity contribution in [3.63, 3.8) is 0 Å². The quantitative estimate of drug-likeness (QED) is 0.533. The summed E-state index contributed by atoms with van der Waals surface area (Å²) in [6, 6.07) is 15.1. The normalized spacial score (nSPS) is 18.7. The molecule has 0 aliphatic carbocycles. The van der Waals surface area contributed by atoms with Crippen LogP contribution in [0.3, 0.4) is 0 Å². The van der Waals surface area contributed by atoms with Gasteiger partial charge in [0.1, 0.15) is 11.6 Å². The summed E-state index contributed by atoms with van der Waals surface area (Å²) in [7, 11) is 1.86. The highest BCUT2D eigenvalue weighted by atomic mass is 19.1. The number of amides is 1. The van der Waals surface area contributed by atoms with E-state index in [2.05, 4.69) is 20.8 Å². The largest absolute Gasteiger partial charge is 0.346 e. The summed E-state index contributed by atoms with van der Waals surface area (Å²) in [6.45, 7) is 0.724. The minimum absolute atomic E-state index is 0.119. The number of rotatable bonds is 8. The van der Waals surface area contributed by atoms with Crippen LogP contribution >= 0.6 is 0 Å². The van der Waals surface area contributed by atoms with Crippen molar-refractivity contribution in [2.24, 2.45) is 0 Å². The van der Waals surface area contributed by atoms with E-state index < -0.39 is 0 Å². The molecule has 0 spiro atoms. The lowest BCUT2D eigenvalue weighted by molar-refractivity contribution is -0.129. The van der Waals surface area contributed by atoms with Gasteiger partial charge in [0.15, 0.2) is 0 Å². The second-order valence-corrected chi connectivity index (χ2v) is 7.99. The molecule has 1 fully saturated rings. The van der Waals surface area contributed by atoms with E-state index in [-0.39, 0.29) is 17.8 Å². The molecule has 0 radical (unpaired) electrons. The first kappa shape index (κ1) is 20.5. The lowest BCUT2D eigenvalue weighted by Gasteiger charge is -2.18. The van der Waals surface area contributed by atoms with Crippen LogP contribution in [-0.2, 0) is 11.2 Å². The highest BCUT2D eigenvalue weighted by Crippen LogP contribution is 2.24. The minimum Gasteiger partial charge on any atom is -0.346 e. The molecule has 3 aromatic rings. The maximum Gasteiger partial charge on any atom is 0.222 e. The number of aromatic amines is 1. The molecule has 1 aliphatic heterocycles. The molecule has 0 bridgehead atoms. The molecule has 1 amide bonds. The van der Waals surface area contributed by atoms with Gasteiger partial charge in [-0.2, -0.15) is 0 Å². The third kappa shape index (κ3) is 5.04. The number of hydrogen-bond acceptors (Lipinski definition) is 4. The number of hydrazine groups is 1. The summed E-state index contributed by atoms with van der Waals surface area (Å²) in [4.78, 5) is 22.1. The number of hydrogen-bond donors (Lipinski definition) is 3. The smallest absolute Gasteiger partial charge is 0.222 e. The highest BCUT2D eigenvalue weighted by Gasteiger charge is 2.25. The Morgan fingerprint density at radius 2 is 2.07 bits per heavy atom. The summed E-state index contributed by atoms with van der Waals surface area (Å²) < 4.78 is 13.4. The standard InChI is InChI=1S/C23H28FN5O/c1-29(23(30)12-11-22-25-19-9-2-3-10-20(19)26-22)13-5-8-18-15-21(28-27-18)16-6-4-7-17(24)14-16/h2-4,6-7,9-10,14,18,21,27-28H,5,8,11-13,15H2,1H3,(H,25,26). The Bertz CT molecular complexity index is 971. The summed E-state index contributed by atoms with van der Waals surface area (Å²) in [5, 5.41) is 0. The molecule has 2 heterocycles. The third-order valence-electron chi connectivity index (χ3n) is 5.72. The number of para-hydroxylation sites is 2. The van der Waals surface area contributed by atoms with Gasteiger partial charge < -0.3 is 9.88 Å². The van der Waals surface area contributed by atoms with Crippen LogP contribution in [0.2, 0.25) is 0 Å². The number of nitrogens with zero attached hydrogens (tertiary/aromatic N) is 2. The van der Waals surface area contributed by atoms with Crippen molar-refractivity contribution in [1.82, 2.24) is 25.7 Å². The molecule has 2 unspecified atom stereocenters. The predicted molar refractivity (Wildman–Crippen MR) is 115 cm³/mol. The zero-order valence-corrected chi connectivity index (χ0v) is 17.2. The van der Waals surface area contributed by atoms with Crippen LogP contribution in [0.5, 0.6) is 0 Å². The van der Waals surface area contributed by atoms with Crippen molar-refractivity contribution >= 4 is 16.9 Å². The molecular formula is C23H28FN5O. The van der Waals surface area contributed by atoms with E-state index in [0.717, 1.165) is 48.2 Å². The van der Waals surface area contributed by atoms with Gasteiger partial charge >= 0.3 is 0 Å². The van der Waals surface area contributed by atoms with Gasteiger partial charge in [0.05, 0.1) is 11.0 Å². The van der Waals surface area contributed by atoms with Gasteiger partial charge in [-0.15, -0.1) is 0 Å². The van der Waals surface area contributed by atoms with Gasteiger partial charge in [-0.3, -0.25) is 15.6 Å². The van der Waals surface area contributed by atoms with E-state index in [1.54, 1.807) is 17.0 Å². The number of benzene rings is 2. The van der Waals surface area contributed by atoms with Crippen molar-refractivity contribution in [3.8, 4) is 0 Å². The summed E-state index contributed by atoms with van der Waals surface area (Å²) in [6.07, 6.45) is 3.84. The molecule has 6 nitrogen and oxygen atoms in total.